The van der Waals surface area contributed by atoms with Crippen LogP contribution in [0.3, 0.4) is 0 Å². The predicted octanol–water partition coefficient (Wildman–Crippen LogP) is 10.3. The number of nitrogens with zero attached hydrogens (tertiary/aromatic N) is 1. The van der Waals surface area contributed by atoms with E-state index in [1.807, 2.05) is 0 Å². The van der Waals surface area contributed by atoms with Gasteiger partial charge < -0.3 is 4.90 Å². The molecule has 0 saturated carbocycles. The molecule has 0 aliphatic heterocycles. The summed E-state index contributed by atoms with van der Waals surface area (Å²) in [6.07, 6.45) is 0. The van der Waals surface area contributed by atoms with E-state index in [1.54, 1.807) is 0 Å². The average Bonchev–Trinajstić information content (AvgIpc) is 2.98. The van der Waals surface area contributed by atoms with Crippen molar-refractivity contribution in [2.24, 2.45) is 0 Å². The topological polar surface area (TPSA) is 3.24 Å². The lowest BCUT2D eigenvalue weighted by molar-refractivity contribution is 1.29. The summed E-state index contributed by atoms with van der Waals surface area (Å²) in [5.74, 6) is 0. The lowest BCUT2D eigenvalue weighted by atomic mass is 10.0. The third-order valence-corrected chi connectivity index (χ3v) is 7.21. The maximum absolute atomic E-state index is 2.36. The van der Waals surface area contributed by atoms with E-state index in [0.717, 1.165) is 17.1 Å². The molecule has 0 unspecified atom stereocenters. The van der Waals surface area contributed by atoms with Crippen LogP contribution in [-0.2, 0) is 0 Å². The lowest BCUT2D eigenvalue weighted by Crippen LogP contribution is -2.09. The van der Waals surface area contributed by atoms with Gasteiger partial charge in [-0.15, -0.1) is 0 Å². The Kier molecular flexibility index (Phi) is 5.19. The molecule has 0 aliphatic rings. The van der Waals surface area contributed by atoms with Crippen LogP contribution in [0.15, 0.2) is 152 Å². The third kappa shape index (κ3) is 3.91. The Morgan fingerprint density at radius 2 is 0.811 bits per heavy atom. The van der Waals surface area contributed by atoms with Gasteiger partial charge in [0.05, 0.1) is 0 Å². The normalized spacial score (nSPS) is 11.2. The van der Waals surface area contributed by atoms with Gasteiger partial charge in [-0.3, -0.25) is 0 Å². The molecule has 0 heterocycles. The molecule has 7 rings (SSSR count). The first kappa shape index (κ1) is 21.4. The third-order valence-electron chi connectivity index (χ3n) is 7.21. The first-order chi connectivity index (χ1) is 18.3. The molecule has 0 spiro atoms. The smallest absolute Gasteiger partial charge is 0.0468 e. The van der Waals surface area contributed by atoms with Crippen molar-refractivity contribution in [1.29, 1.82) is 0 Å². The maximum Gasteiger partial charge on any atom is 0.0468 e. The van der Waals surface area contributed by atoms with E-state index >= 15 is 0 Å². The number of hydrogen-bond donors (Lipinski definition) is 0. The molecule has 0 N–H and O–H groups in total. The fourth-order valence-corrected chi connectivity index (χ4v) is 5.34. The zero-order chi connectivity index (χ0) is 24.6. The number of fused-ring (bicyclic) bond motifs is 4. The Labute approximate surface area is 216 Å². The summed E-state index contributed by atoms with van der Waals surface area (Å²) >= 11 is 0. The van der Waals surface area contributed by atoms with E-state index in [0.29, 0.717) is 0 Å². The lowest BCUT2D eigenvalue weighted by Gasteiger charge is -2.26. The molecule has 0 atom stereocenters. The maximum atomic E-state index is 2.36. The predicted molar refractivity (Wildman–Crippen MR) is 159 cm³/mol. The van der Waals surface area contributed by atoms with Crippen LogP contribution in [0.2, 0.25) is 0 Å². The molecule has 0 aromatic heterocycles. The molecule has 7 aromatic rings. The molecule has 1 nitrogen and oxygen atoms in total. The second kappa shape index (κ2) is 8.96. The first-order valence-corrected chi connectivity index (χ1v) is 12.7. The van der Waals surface area contributed by atoms with Gasteiger partial charge in [0.1, 0.15) is 0 Å². The van der Waals surface area contributed by atoms with Crippen LogP contribution < -0.4 is 4.90 Å². The molecular weight excluding hydrogens is 446 g/mol. The van der Waals surface area contributed by atoms with Crippen molar-refractivity contribution in [1.82, 2.24) is 0 Å². The minimum absolute atomic E-state index is 1.13. The minimum atomic E-state index is 1.13. The molecule has 0 amide bonds. The second-order valence-electron chi connectivity index (χ2n) is 9.47. The van der Waals surface area contributed by atoms with Crippen LogP contribution in [0.4, 0.5) is 17.1 Å². The molecule has 0 saturated heterocycles. The van der Waals surface area contributed by atoms with E-state index in [4.69, 9.17) is 0 Å². The summed E-state index contributed by atoms with van der Waals surface area (Å²) in [4.78, 5) is 2.36. The number of rotatable bonds is 4. The Balaban J connectivity index is 1.39. The van der Waals surface area contributed by atoms with E-state index < -0.39 is 0 Å². The van der Waals surface area contributed by atoms with Crippen LogP contribution in [0.25, 0.3) is 43.4 Å². The van der Waals surface area contributed by atoms with Crippen molar-refractivity contribution in [2.75, 3.05) is 4.90 Å². The molecule has 0 fully saturated rings. The molecule has 37 heavy (non-hydrogen) atoms. The van der Waals surface area contributed by atoms with Crippen molar-refractivity contribution in [3.05, 3.63) is 152 Å². The van der Waals surface area contributed by atoms with E-state index in [1.165, 1.54) is 43.4 Å². The van der Waals surface area contributed by atoms with Crippen LogP contribution in [-0.4, -0.2) is 0 Å². The van der Waals surface area contributed by atoms with Gasteiger partial charge in [-0.2, -0.15) is 0 Å². The summed E-state index contributed by atoms with van der Waals surface area (Å²) in [5, 5.41) is 7.55. The van der Waals surface area contributed by atoms with Gasteiger partial charge in [0.2, 0.25) is 0 Å². The van der Waals surface area contributed by atoms with Gasteiger partial charge in [-0.25, -0.2) is 0 Å². The molecule has 1 heteroatoms. The van der Waals surface area contributed by atoms with Crippen molar-refractivity contribution in [2.45, 2.75) is 0 Å². The quantitative estimate of drug-likeness (QED) is 0.231. The number of hydrogen-bond acceptors (Lipinski definition) is 1. The summed E-state index contributed by atoms with van der Waals surface area (Å²) in [5.41, 5.74) is 5.86. The zero-order valence-electron chi connectivity index (χ0n) is 20.4. The fraction of sp³-hybridized carbons (Fsp3) is 0. The molecule has 174 valence electrons. The van der Waals surface area contributed by atoms with Crippen LogP contribution in [0.1, 0.15) is 0 Å². The molecule has 0 aliphatic carbocycles. The minimum Gasteiger partial charge on any atom is -0.310 e. The Bertz CT molecular complexity index is 1870. The highest BCUT2D eigenvalue weighted by Crippen LogP contribution is 2.39. The Morgan fingerprint density at radius 3 is 1.62 bits per heavy atom. The van der Waals surface area contributed by atoms with Gasteiger partial charge in [0.25, 0.3) is 0 Å². The SMILES string of the molecule is c1ccc(-c2ccc(N(c3ccc4ccccc4c3)c3ccc4c(ccc5ccccc54)c3)cc2)cc1. The van der Waals surface area contributed by atoms with Gasteiger partial charge in [0.15, 0.2) is 0 Å². The monoisotopic (exact) mass is 471 g/mol. The molecule has 7 aromatic carbocycles. The molecular formula is C36H25N. The second-order valence-corrected chi connectivity index (χ2v) is 9.47. The van der Waals surface area contributed by atoms with Crippen LogP contribution in [0, 0.1) is 0 Å². The number of anilines is 3. The average molecular weight is 472 g/mol. The molecule has 0 bridgehead atoms. The van der Waals surface area contributed by atoms with Crippen LogP contribution >= 0.6 is 0 Å². The standard InChI is InChI=1S/C36H25N/c1-2-8-26(9-3-1)28-16-19-32(20-17-28)37(33-21-18-27-10-4-5-12-30(27)24-33)34-22-23-36-31(25-34)15-14-29-11-6-7-13-35(29)36/h1-25H. The van der Waals surface area contributed by atoms with E-state index in [9.17, 15) is 0 Å². The molecule has 0 radical (unpaired) electrons. The Morgan fingerprint density at radius 1 is 0.297 bits per heavy atom. The van der Waals surface area contributed by atoms with Gasteiger partial charge in [-0.1, -0.05) is 115 Å². The number of benzene rings is 7. The van der Waals surface area contributed by atoms with E-state index in [2.05, 4.69) is 157 Å². The first-order valence-electron chi connectivity index (χ1n) is 12.7. The summed E-state index contributed by atoms with van der Waals surface area (Å²) < 4.78 is 0. The summed E-state index contributed by atoms with van der Waals surface area (Å²) in [6, 6.07) is 54.6. The van der Waals surface area contributed by atoms with Crippen molar-refractivity contribution < 1.29 is 0 Å². The zero-order valence-corrected chi connectivity index (χ0v) is 20.4. The largest absolute Gasteiger partial charge is 0.310 e. The fourth-order valence-electron chi connectivity index (χ4n) is 5.34. The summed E-state index contributed by atoms with van der Waals surface area (Å²) in [6.45, 7) is 0. The highest BCUT2D eigenvalue weighted by molar-refractivity contribution is 6.08. The Hall–Kier alpha value is -4.88. The van der Waals surface area contributed by atoms with Crippen LogP contribution in [0.5, 0.6) is 0 Å². The van der Waals surface area contributed by atoms with Gasteiger partial charge in [0, 0.05) is 17.1 Å². The van der Waals surface area contributed by atoms with Gasteiger partial charge >= 0.3 is 0 Å². The highest BCUT2D eigenvalue weighted by Gasteiger charge is 2.14. The van der Waals surface area contributed by atoms with Crippen molar-refractivity contribution in [3.63, 3.8) is 0 Å². The van der Waals surface area contributed by atoms with Gasteiger partial charge in [-0.05, 0) is 79.8 Å². The summed E-state index contributed by atoms with van der Waals surface area (Å²) in [7, 11) is 0. The highest BCUT2D eigenvalue weighted by atomic mass is 15.1. The van der Waals surface area contributed by atoms with E-state index in [-0.39, 0.29) is 0 Å². The van der Waals surface area contributed by atoms with Crippen molar-refractivity contribution >= 4 is 49.4 Å². The van der Waals surface area contributed by atoms with Crippen molar-refractivity contribution in [3.8, 4) is 11.1 Å².